The van der Waals surface area contributed by atoms with Gasteiger partial charge in [-0.1, -0.05) is 41.9 Å². The first-order chi connectivity index (χ1) is 13.0. The van der Waals surface area contributed by atoms with Gasteiger partial charge in [0, 0.05) is 24.2 Å². The highest BCUT2D eigenvalue weighted by Crippen LogP contribution is 2.43. The molecule has 1 fully saturated rings. The molecule has 3 nitrogen and oxygen atoms in total. The van der Waals surface area contributed by atoms with E-state index in [4.69, 9.17) is 16.3 Å². The van der Waals surface area contributed by atoms with Gasteiger partial charge in [0.1, 0.15) is 0 Å². The van der Waals surface area contributed by atoms with Gasteiger partial charge in [0.15, 0.2) is 0 Å². The summed E-state index contributed by atoms with van der Waals surface area (Å²) in [6, 6.07) is 17.7. The Bertz CT molecular complexity index is 739. The van der Waals surface area contributed by atoms with Crippen LogP contribution in [0.5, 0.6) is 0 Å². The number of benzene rings is 2. The number of halogens is 1. The fraction of sp³-hybridized carbons (Fsp3) is 0.435. The molecule has 1 atom stereocenters. The molecule has 1 aliphatic carbocycles. The molecule has 0 spiro atoms. The lowest BCUT2D eigenvalue weighted by molar-refractivity contribution is -0.117. The van der Waals surface area contributed by atoms with E-state index >= 15 is 0 Å². The van der Waals surface area contributed by atoms with Gasteiger partial charge in [-0.15, -0.1) is 0 Å². The Morgan fingerprint density at radius 3 is 2.30 bits per heavy atom. The summed E-state index contributed by atoms with van der Waals surface area (Å²) in [7, 11) is 1.80. The van der Waals surface area contributed by atoms with Gasteiger partial charge in [0.2, 0.25) is 5.91 Å². The second-order valence-electron chi connectivity index (χ2n) is 7.65. The van der Waals surface area contributed by atoms with E-state index < -0.39 is 0 Å². The van der Waals surface area contributed by atoms with Crippen LogP contribution < -0.4 is 5.32 Å². The normalized spacial score (nSPS) is 22.0. The van der Waals surface area contributed by atoms with E-state index in [2.05, 4.69) is 36.5 Å². The van der Waals surface area contributed by atoms with Gasteiger partial charge in [0.05, 0.1) is 5.60 Å². The first-order valence-corrected chi connectivity index (χ1v) is 10.0. The summed E-state index contributed by atoms with van der Waals surface area (Å²) in [4.78, 5) is 12.4. The molecule has 1 N–H and O–H groups in total. The summed E-state index contributed by atoms with van der Waals surface area (Å²) in [5.41, 5.74) is 1.77. The van der Waals surface area contributed by atoms with Gasteiger partial charge < -0.3 is 10.1 Å². The molecule has 0 aromatic heterocycles. The Balaban J connectivity index is 1.53. The van der Waals surface area contributed by atoms with E-state index in [-0.39, 0.29) is 11.5 Å². The Kier molecular flexibility index (Phi) is 6.56. The van der Waals surface area contributed by atoms with E-state index in [0.29, 0.717) is 23.3 Å². The Hall–Kier alpha value is -1.84. The van der Waals surface area contributed by atoms with Gasteiger partial charge in [-0.25, -0.2) is 0 Å². The largest absolute Gasteiger partial charge is 0.374 e. The molecular formula is C23H28ClNO2. The van der Waals surface area contributed by atoms with Crippen molar-refractivity contribution in [2.45, 2.75) is 44.6 Å². The average Bonchev–Trinajstić information content (AvgIpc) is 2.70. The number of hydrogen-bond acceptors (Lipinski definition) is 2. The second kappa shape index (κ2) is 8.90. The quantitative estimate of drug-likeness (QED) is 0.658. The maximum absolute atomic E-state index is 12.4. The van der Waals surface area contributed by atoms with Crippen LogP contribution in [0.25, 0.3) is 0 Å². The standard InChI is InChI=1S/C23H28ClNO2/c1-23(27-2,18-6-4-3-5-7-18)19-10-8-17(9-11-19)16-22(26)25-21-14-12-20(24)13-15-21/h3-7,12-15,17,19H,8-11,16H2,1-2H3,(H,25,26). The minimum atomic E-state index is -0.266. The highest BCUT2D eigenvalue weighted by atomic mass is 35.5. The predicted molar refractivity (Wildman–Crippen MR) is 111 cm³/mol. The SMILES string of the molecule is COC(C)(c1ccccc1)C1CCC(CC(=O)Nc2ccc(Cl)cc2)CC1. The number of ether oxygens (including phenoxy) is 1. The van der Waals surface area contributed by atoms with Crippen LogP contribution in [0, 0.1) is 11.8 Å². The van der Waals surface area contributed by atoms with Crippen molar-refractivity contribution in [3.8, 4) is 0 Å². The molecule has 1 unspecified atom stereocenters. The molecule has 3 rings (SSSR count). The molecule has 0 aliphatic heterocycles. The first-order valence-electron chi connectivity index (χ1n) is 9.67. The number of hydrogen-bond donors (Lipinski definition) is 1. The highest BCUT2D eigenvalue weighted by Gasteiger charge is 2.38. The number of methoxy groups -OCH3 is 1. The molecule has 4 heteroatoms. The zero-order chi connectivity index (χ0) is 19.3. The Morgan fingerprint density at radius 2 is 1.70 bits per heavy atom. The summed E-state index contributed by atoms with van der Waals surface area (Å²) in [6.07, 6.45) is 4.86. The molecule has 1 aliphatic rings. The van der Waals surface area contributed by atoms with Crippen molar-refractivity contribution in [2.24, 2.45) is 11.8 Å². The average molecular weight is 386 g/mol. The van der Waals surface area contributed by atoms with Crippen LogP contribution in [0.4, 0.5) is 5.69 Å². The lowest BCUT2D eigenvalue weighted by Gasteiger charge is -2.41. The van der Waals surface area contributed by atoms with Crippen LogP contribution in [0.3, 0.4) is 0 Å². The molecule has 0 heterocycles. The predicted octanol–water partition coefficient (Wildman–Crippen LogP) is 6.04. The number of anilines is 1. The third-order valence-corrected chi connectivity index (χ3v) is 6.25. The van der Waals surface area contributed by atoms with Crippen molar-refractivity contribution >= 4 is 23.2 Å². The van der Waals surface area contributed by atoms with Gasteiger partial charge >= 0.3 is 0 Å². The molecule has 27 heavy (non-hydrogen) atoms. The number of carbonyl (C=O) groups is 1. The summed E-state index contributed by atoms with van der Waals surface area (Å²) in [5.74, 6) is 0.990. The number of carbonyl (C=O) groups excluding carboxylic acids is 1. The molecule has 144 valence electrons. The van der Waals surface area contributed by atoms with Gasteiger partial charge in [-0.2, -0.15) is 0 Å². The van der Waals surface area contributed by atoms with E-state index in [1.807, 2.05) is 18.2 Å². The van der Waals surface area contributed by atoms with Crippen LogP contribution >= 0.6 is 11.6 Å². The van der Waals surface area contributed by atoms with Crippen LogP contribution in [0.15, 0.2) is 54.6 Å². The molecule has 0 saturated heterocycles. The summed E-state index contributed by atoms with van der Waals surface area (Å²) < 4.78 is 5.98. The fourth-order valence-corrected chi connectivity index (χ4v) is 4.34. The van der Waals surface area contributed by atoms with Gasteiger partial charge in [0.25, 0.3) is 0 Å². The smallest absolute Gasteiger partial charge is 0.224 e. The summed E-state index contributed by atoms with van der Waals surface area (Å²) in [5, 5.41) is 3.64. The lowest BCUT2D eigenvalue weighted by Crippen LogP contribution is -2.37. The summed E-state index contributed by atoms with van der Waals surface area (Å²) in [6.45, 7) is 2.20. The van der Waals surface area contributed by atoms with Crippen molar-refractivity contribution in [1.82, 2.24) is 0 Å². The van der Waals surface area contributed by atoms with E-state index in [0.717, 1.165) is 31.4 Å². The van der Waals surface area contributed by atoms with Crippen LogP contribution in [0.1, 0.15) is 44.6 Å². The third-order valence-electron chi connectivity index (χ3n) is 6.00. The van der Waals surface area contributed by atoms with Crippen molar-refractivity contribution in [2.75, 3.05) is 12.4 Å². The lowest BCUT2D eigenvalue weighted by atomic mass is 9.71. The van der Waals surface area contributed by atoms with E-state index in [1.54, 1.807) is 19.2 Å². The maximum atomic E-state index is 12.4. The van der Waals surface area contributed by atoms with Gasteiger partial charge in [-0.05, 0) is 74.3 Å². The minimum absolute atomic E-state index is 0.0818. The number of rotatable bonds is 6. The third kappa shape index (κ3) is 4.91. The highest BCUT2D eigenvalue weighted by molar-refractivity contribution is 6.30. The molecular weight excluding hydrogens is 358 g/mol. The van der Waals surface area contributed by atoms with Crippen LogP contribution in [0.2, 0.25) is 5.02 Å². The summed E-state index contributed by atoms with van der Waals surface area (Å²) >= 11 is 5.89. The van der Waals surface area contributed by atoms with E-state index in [9.17, 15) is 4.79 Å². The molecule has 2 aromatic rings. The van der Waals surface area contributed by atoms with Crippen molar-refractivity contribution < 1.29 is 9.53 Å². The minimum Gasteiger partial charge on any atom is -0.374 e. The second-order valence-corrected chi connectivity index (χ2v) is 8.09. The zero-order valence-electron chi connectivity index (χ0n) is 16.1. The maximum Gasteiger partial charge on any atom is 0.224 e. The molecule has 1 amide bonds. The van der Waals surface area contributed by atoms with Crippen LogP contribution in [-0.4, -0.2) is 13.0 Å². The number of amides is 1. The van der Waals surface area contributed by atoms with Crippen LogP contribution in [-0.2, 0) is 15.1 Å². The Labute approximate surface area is 167 Å². The van der Waals surface area contributed by atoms with Gasteiger partial charge in [-0.3, -0.25) is 4.79 Å². The Morgan fingerprint density at radius 1 is 1.07 bits per heavy atom. The van der Waals surface area contributed by atoms with E-state index in [1.165, 1.54) is 5.56 Å². The fourth-order valence-electron chi connectivity index (χ4n) is 4.21. The molecule has 0 bridgehead atoms. The van der Waals surface area contributed by atoms with Crippen molar-refractivity contribution in [3.63, 3.8) is 0 Å². The molecule has 2 aromatic carbocycles. The first kappa shape index (κ1) is 19.9. The topological polar surface area (TPSA) is 38.3 Å². The molecule has 0 radical (unpaired) electrons. The monoisotopic (exact) mass is 385 g/mol. The zero-order valence-corrected chi connectivity index (χ0v) is 16.8. The van der Waals surface area contributed by atoms with Crippen molar-refractivity contribution in [1.29, 1.82) is 0 Å². The van der Waals surface area contributed by atoms with Crippen molar-refractivity contribution in [3.05, 3.63) is 65.2 Å². The molecule has 1 saturated carbocycles. The number of nitrogens with one attached hydrogen (secondary N) is 1.